The Labute approximate surface area is 213 Å². The Morgan fingerprint density at radius 1 is 1.03 bits per heavy atom. The van der Waals surface area contributed by atoms with Crippen molar-refractivity contribution in [2.45, 2.75) is 32.1 Å². The van der Waals surface area contributed by atoms with Gasteiger partial charge in [0.15, 0.2) is 0 Å². The first-order valence-corrected chi connectivity index (χ1v) is 11.7. The molecular formula is C20H30F6N4O6S. The van der Waals surface area contributed by atoms with Crippen molar-refractivity contribution < 1.29 is 55.6 Å². The van der Waals surface area contributed by atoms with Gasteiger partial charge >= 0.3 is 24.3 Å². The Hall–Kier alpha value is -2.24. The van der Waals surface area contributed by atoms with Crippen LogP contribution in [0.4, 0.5) is 31.5 Å². The second-order valence-electron chi connectivity index (χ2n) is 8.44. The molecule has 37 heavy (non-hydrogen) atoms. The monoisotopic (exact) mass is 568 g/mol. The Morgan fingerprint density at radius 2 is 1.54 bits per heavy atom. The number of carboxylic acid groups (broad SMARTS) is 2. The maximum Gasteiger partial charge on any atom is 0.490 e. The summed E-state index contributed by atoms with van der Waals surface area (Å²) in [5.74, 6) is -4.89. The fourth-order valence-electron chi connectivity index (χ4n) is 4.09. The quantitative estimate of drug-likeness (QED) is 0.495. The third-order valence-electron chi connectivity index (χ3n) is 5.89. The second-order valence-corrected chi connectivity index (χ2v) is 9.60. The number of carbonyl (C=O) groups is 2. The van der Waals surface area contributed by atoms with E-state index in [0.717, 1.165) is 49.5 Å². The summed E-state index contributed by atoms with van der Waals surface area (Å²) in [7, 11) is 3.60. The number of aryl methyl sites for hydroxylation is 1. The lowest BCUT2D eigenvalue weighted by Gasteiger charge is -2.42. The third-order valence-corrected chi connectivity index (χ3v) is 6.79. The molecule has 0 aromatic carbocycles. The van der Waals surface area contributed by atoms with Crippen LogP contribution in [-0.2, 0) is 19.1 Å². The number of likely N-dealkylation sites (tertiary alicyclic amines) is 1. The van der Waals surface area contributed by atoms with Crippen LogP contribution in [0.5, 0.6) is 0 Å². The molecule has 2 aliphatic rings. The molecule has 214 valence electrons. The predicted molar refractivity (Wildman–Crippen MR) is 120 cm³/mol. The molecule has 0 bridgehead atoms. The standard InChI is InChI=1S/C16H28N4O2S.2C2HF3O2/c1-13-17-18-15(23-13)20-6-4-16(5-7-20)12-19(8-9-21-2)10-14(16)11-22-3;2*3-2(4,5)1(6)7/h14H,4-12H2,1-3H3;2*(H,6,7). The highest BCUT2D eigenvalue weighted by Crippen LogP contribution is 2.45. The molecule has 1 aromatic heterocycles. The molecule has 2 fully saturated rings. The number of nitrogens with zero attached hydrogens (tertiary/aromatic N) is 4. The predicted octanol–water partition coefficient (Wildman–Crippen LogP) is 2.92. The molecule has 1 spiro atoms. The summed E-state index contributed by atoms with van der Waals surface area (Å²) in [4.78, 5) is 22.7. The first-order chi connectivity index (χ1) is 17.1. The number of carboxylic acids is 2. The van der Waals surface area contributed by atoms with Gasteiger partial charge in [0, 0.05) is 52.9 Å². The fraction of sp³-hybridized carbons (Fsp3) is 0.800. The zero-order valence-corrected chi connectivity index (χ0v) is 21.3. The normalized spacial score (nSPS) is 19.6. The zero-order valence-electron chi connectivity index (χ0n) is 20.4. The van der Waals surface area contributed by atoms with Gasteiger partial charge in [-0.25, -0.2) is 9.59 Å². The summed E-state index contributed by atoms with van der Waals surface area (Å²) >= 11 is 1.70. The molecule has 3 heterocycles. The van der Waals surface area contributed by atoms with Gasteiger partial charge in [0.05, 0.1) is 13.2 Å². The van der Waals surface area contributed by atoms with Gasteiger partial charge in [-0.1, -0.05) is 11.3 Å². The number of hydrogen-bond donors (Lipinski definition) is 2. The van der Waals surface area contributed by atoms with E-state index in [0.29, 0.717) is 11.3 Å². The van der Waals surface area contributed by atoms with Crippen molar-refractivity contribution in [2.24, 2.45) is 11.3 Å². The van der Waals surface area contributed by atoms with Crippen LogP contribution in [0.25, 0.3) is 0 Å². The van der Waals surface area contributed by atoms with Crippen LogP contribution in [0.2, 0.25) is 0 Å². The highest BCUT2D eigenvalue weighted by molar-refractivity contribution is 7.15. The fourth-order valence-corrected chi connectivity index (χ4v) is 4.83. The first kappa shape index (κ1) is 32.8. The van der Waals surface area contributed by atoms with E-state index in [1.165, 1.54) is 19.4 Å². The summed E-state index contributed by atoms with van der Waals surface area (Å²) in [5.41, 5.74) is 0.389. The maximum absolute atomic E-state index is 10.6. The highest BCUT2D eigenvalue weighted by Gasteiger charge is 2.48. The maximum atomic E-state index is 10.6. The average molecular weight is 569 g/mol. The van der Waals surface area contributed by atoms with E-state index in [9.17, 15) is 26.3 Å². The molecule has 0 radical (unpaired) electrons. The number of ether oxygens (including phenoxy) is 2. The molecule has 0 aliphatic carbocycles. The number of hydrogen-bond acceptors (Lipinski definition) is 9. The SMILES string of the molecule is COCCN1CC(COC)C2(CCN(c3nnc(C)s3)CC2)C1.O=C(O)C(F)(F)F.O=C(O)C(F)(F)F. The number of aromatic nitrogens is 2. The molecule has 1 aromatic rings. The Morgan fingerprint density at radius 3 is 1.92 bits per heavy atom. The minimum absolute atomic E-state index is 0.389. The van der Waals surface area contributed by atoms with Crippen LogP contribution in [0.3, 0.4) is 0 Å². The number of halogens is 6. The number of aliphatic carboxylic acids is 2. The van der Waals surface area contributed by atoms with Crippen molar-refractivity contribution in [3.05, 3.63) is 5.01 Å². The number of rotatable bonds is 6. The molecular weight excluding hydrogens is 538 g/mol. The molecule has 1 atom stereocenters. The summed E-state index contributed by atoms with van der Waals surface area (Å²) in [5, 5.41) is 24.8. The van der Waals surface area contributed by atoms with E-state index in [4.69, 9.17) is 29.3 Å². The highest BCUT2D eigenvalue weighted by atomic mass is 32.1. The summed E-state index contributed by atoms with van der Waals surface area (Å²) in [6.07, 6.45) is -7.74. The molecule has 0 saturated carbocycles. The van der Waals surface area contributed by atoms with Gasteiger partial charge in [-0.2, -0.15) is 26.3 Å². The zero-order chi connectivity index (χ0) is 28.4. The van der Waals surface area contributed by atoms with E-state index < -0.39 is 24.3 Å². The van der Waals surface area contributed by atoms with Crippen LogP contribution in [-0.4, -0.2) is 110 Å². The van der Waals surface area contributed by atoms with Crippen LogP contribution < -0.4 is 4.90 Å². The topological polar surface area (TPSA) is 125 Å². The molecule has 0 amide bonds. The van der Waals surface area contributed by atoms with E-state index in [2.05, 4.69) is 20.0 Å². The van der Waals surface area contributed by atoms with Crippen molar-refractivity contribution >= 4 is 28.4 Å². The van der Waals surface area contributed by atoms with Crippen molar-refractivity contribution in [2.75, 3.05) is 65.1 Å². The Balaban J connectivity index is 0.000000404. The van der Waals surface area contributed by atoms with Crippen LogP contribution in [0.1, 0.15) is 17.8 Å². The van der Waals surface area contributed by atoms with Crippen molar-refractivity contribution in [1.82, 2.24) is 15.1 Å². The van der Waals surface area contributed by atoms with Crippen molar-refractivity contribution in [3.63, 3.8) is 0 Å². The van der Waals surface area contributed by atoms with E-state index in [1.807, 2.05) is 14.0 Å². The molecule has 3 rings (SSSR count). The molecule has 2 saturated heterocycles. The molecule has 2 aliphatic heterocycles. The largest absolute Gasteiger partial charge is 0.490 e. The molecule has 1 unspecified atom stereocenters. The number of alkyl halides is 6. The summed E-state index contributed by atoms with van der Waals surface area (Å²) in [6, 6.07) is 0. The minimum atomic E-state index is -5.08. The van der Waals surface area contributed by atoms with Crippen LogP contribution in [0, 0.1) is 18.3 Å². The lowest BCUT2D eigenvalue weighted by atomic mass is 9.71. The van der Waals surface area contributed by atoms with Gasteiger partial charge in [-0.15, -0.1) is 10.2 Å². The second kappa shape index (κ2) is 14.1. The van der Waals surface area contributed by atoms with Gasteiger partial charge < -0.3 is 29.5 Å². The van der Waals surface area contributed by atoms with Crippen molar-refractivity contribution in [1.29, 1.82) is 0 Å². The van der Waals surface area contributed by atoms with Gasteiger partial charge in [-0.3, -0.25) is 0 Å². The van der Waals surface area contributed by atoms with E-state index in [1.54, 1.807) is 18.4 Å². The van der Waals surface area contributed by atoms with Gasteiger partial charge in [0.1, 0.15) is 5.01 Å². The Bertz CT molecular complexity index is 837. The lowest BCUT2D eigenvalue weighted by molar-refractivity contribution is -0.193. The lowest BCUT2D eigenvalue weighted by Crippen LogP contribution is -2.45. The van der Waals surface area contributed by atoms with Gasteiger partial charge in [-0.05, 0) is 25.2 Å². The number of anilines is 1. The summed E-state index contributed by atoms with van der Waals surface area (Å²) in [6.45, 7) is 9.18. The smallest absolute Gasteiger partial charge is 0.475 e. The van der Waals surface area contributed by atoms with Crippen LogP contribution >= 0.6 is 11.3 Å². The first-order valence-electron chi connectivity index (χ1n) is 10.9. The third kappa shape index (κ3) is 10.6. The minimum Gasteiger partial charge on any atom is -0.475 e. The van der Waals surface area contributed by atoms with Crippen molar-refractivity contribution in [3.8, 4) is 0 Å². The van der Waals surface area contributed by atoms with E-state index >= 15 is 0 Å². The summed E-state index contributed by atoms with van der Waals surface area (Å²) < 4.78 is 74.3. The van der Waals surface area contributed by atoms with Gasteiger partial charge in [0.25, 0.3) is 0 Å². The molecule has 17 heteroatoms. The average Bonchev–Trinajstić information content (AvgIpc) is 3.36. The van der Waals surface area contributed by atoms with E-state index in [-0.39, 0.29) is 0 Å². The molecule has 2 N–H and O–H groups in total. The number of methoxy groups -OCH3 is 2. The molecule has 10 nitrogen and oxygen atoms in total. The van der Waals surface area contributed by atoms with Crippen LogP contribution in [0.15, 0.2) is 0 Å². The number of piperidine rings is 1. The Kier molecular flexibility index (Phi) is 12.5. The van der Waals surface area contributed by atoms with Gasteiger partial charge in [0.2, 0.25) is 5.13 Å².